The molecule has 23 heavy (non-hydrogen) atoms. The van der Waals surface area contributed by atoms with Crippen LogP contribution < -0.4 is 16.0 Å². The quantitative estimate of drug-likeness (QED) is 0.200. The van der Waals surface area contributed by atoms with E-state index >= 15 is 0 Å². The molecule has 0 aliphatic carbocycles. The number of aliphatic imine (C=N–C) groups is 1. The second kappa shape index (κ2) is 8.70. The fourth-order valence-corrected chi connectivity index (χ4v) is 2.17. The number of guanidine groups is 1. The van der Waals surface area contributed by atoms with Crippen molar-refractivity contribution >= 4 is 41.9 Å². The molecule has 0 spiro atoms. The van der Waals surface area contributed by atoms with Crippen molar-refractivity contribution in [2.75, 3.05) is 20.1 Å². The maximum Gasteiger partial charge on any atom is 0.325 e. The van der Waals surface area contributed by atoms with Crippen LogP contribution in [0.15, 0.2) is 4.99 Å². The summed E-state index contributed by atoms with van der Waals surface area (Å²) in [5.41, 5.74) is -0.829. The topological polar surface area (TPSA) is 85.8 Å². The van der Waals surface area contributed by atoms with Gasteiger partial charge in [0.05, 0.1) is 0 Å². The molecule has 7 nitrogen and oxygen atoms in total. The second-order valence-electron chi connectivity index (χ2n) is 6.80. The Balaban J connectivity index is 0.00000484. The Morgan fingerprint density at radius 2 is 1.96 bits per heavy atom. The smallest absolute Gasteiger partial charge is 0.325 e. The molecule has 134 valence electrons. The molecular formula is C15H30IN5O2. The molecule has 3 N–H and O–H groups in total. The van der Waals surface area contributed by atoms with E-state index in [2.05, 4.69) is 41.7 Å². The van der Waals surface area contributed by atoms with Crippen LogP contribution in [0.4, 0.5) is 4.79 Å². The highest BCUT2D eigenvalue weighted by molar-refractivity contribution is 14.0. The average Bonchev–Trinajstić information content (AvgIpc) is 2.64. The molecule has 0 radical (unpaired) electrons. The van der Waals surface area contributed by atoms with E-state index in [4.69, 9.17) is 0 Å². The molecule has 1 aliphatic rings. The molecule has 0 bridgehead atoms. The van der Waals surface area contributed by atoms with Crippen molar-refractivity contribution in [1.82, 2.24) is 20.9 Å². The molecule has 8 heteroatoms. The Morgan fingerprint density at radius 1 is 1.35 bits per heavy atom. The first-order valence-electron chi connectivity index (χ1n) is 7.76. The van der Waals surface area contributed by atoms with Crippen LogP contribution in [-0.4, -0.2) is 54.0 Å². The van der Waals surface area contributed by atoms with Gasteiger partial charge in [-0.2, -0.15) is 0 Å². The van der Waals surface area contributed by atoms with Gasteiger partial charge in [-0.05, 0) is 40.5 Å². The Morgan fingerprint density at radius 3 is 2.39 bits per heavy atom. The summed E-state index contributed by atoms with van der Waals surface area (Å²) in [6, 6.07) is -0.299. The summed E-state index contributed by atoms with van der Waals surface area (Å²) in [6.45, 7) is 10.9. The molecule has 1 heterocycles. The van der Waals surface area contributed by atoms with Crippen LogP contribution in [0.3, 0.4) is 0 Å². The molecule has 1 unspecified atom stereocenters. The predicted octanol–water partition coefficient (Wildman–Crippen LogP) is 1.68. The third kappa shape index (κ3) is 6.15. The highest BCUT2D eigenvalue weighted by Gasteiger charge is 2.45. The molecule has 1 rings (SSSR count). The van der Waals surface area contributed by atoms with Crippen LogP contribution in [-0.2, 0) is 4.79 Å². The van der Waals surface area contributed by atoms with Gasteiger partial charge in [-0.3, -0.25) is 14.7 Å². The highest BCUT2D eigenvalue weighted by atomic mass is 127. The number of hydrogen-bond acceptors (Lipinski definition) is 3. The molecule has 0 aromatic carbocycles. The molecule has 1 fully saturated rings. The Bertz CT molecular complexity index is 461. The summed E-state index contributed by atoms with van der Waals surface area (Å²) >= 11 is 0. The lowest BCUT2D eigenvalue weighted by molar-refractivity contribution is -0.130. The van der Waals surface area contributed by atoms with Crippen molar-refractivity contribution < 1.29 is 9.59 Å². The van der Waals surface area contributed by atoms with E-state index in [0.29, 0.717) is 31.9 Å². The number of amides is 3. The van der Waals surface area contributed by atoms with E-state index < -0.39 is 5.54 Å². The minimum absolute atomic E-state index is 0. The second-order valence-corrected chi connectivity index (χ2v) is 6.80. The minimum Gasteiger partial charge on any atom is -0.356 e. The van der Waals surface area contributed by atoms with Gasteiger partial charge in [0.2, 0.25) is 0 Å². The van der Waals surface area contributed by atoms with Crippen molar-refractivity contribution in [3.63, 3.8) is 0 Å². The highest BCUT2D eigenvalue weighted by Crippen LogP contribution is 2.20. The van der Waals surface area contributed by atoms with E-state index in [9.17, 15) is 9.59 Å². The number of carbonyl (C=O) groups is 2. The van der Waals surface area contributed by atoms with E-state index in [1.807, 2.05) is 6.92 Å². The molecule has 1 atom stereocenters. The summed E-state index contributed by atoms with van der Waals surface area (Å²) in [7, 11) is 1.71. The minimum atomic E-state index is -0.756. The summed E-state index contributed by atoms with van der Waals surface area (Å²) in [5, 5.41) is 9.19. The van der Waals surface area contributed by atoms with E-state index in [1.54, 1.807) is 14.0 Å². The fourth-order valence-electron chi connectivity index (χ4n) is 2.17. The number of rotatable bonds is 5. The summed E-state index contributed by atoms with van der Waals surface area (Å²) < 4.78 is 0. The molecule has 0 saturated carbocycles. The fraction of sp³-hybridized carbons (Fsp3) is 0.800. The maximum atomic E-state index is 12.2. The van der Waals surface area contributed by atoms with Gasteiger partial charge in [0.1, 0.15) is 5.54 Å². The van der Waals surface area contributed by atoms with Gasteiger partial charge in [-0.1, -0.05) is 6.92 Å². The maximum absolute atomic E-state index is 12.2. The molecule has 3 amide bonds. The van der Waals surface area contributed by atoms with Crippen molar-refractivity contribution in [3.8, 4) is 0 Å². The third-order valence-electron chi connectivity index (χ3n) is 3.62. The van der Waals surface area contributed by atoms with E-state index in [0.717, 1.165) is 0 Å². The Kier molecular flexibility index (Phi) is 8.30. The van der Waals surface area contributed by atoms with Crippen LogP contribution in [0, 0.1) is 0 Å². The Hall–Kier alpha value is -1.06. The zero-order valence-corrected chi connectivity index (χ0v) is 17.3. The molecule has 0 aromatic heterocycles. The SMILES string of the molecule is CCC1(C)NC(=O)N(CCCNC(=NC)NC(C)(C)C)C1=O.I. The van der Waals surface area contributed by atoms with Gasteiger partial charge in [-0.15, -0.1) is 24.0 Å². The summed E-state index contributed by atoms with van der Waals surface area (Å²) in [4.78, 5) is 29.5. The normalized spacial score (nSPS) is 21.8. The largest absolute Gasteiger partial charge is 0.356 e. The van der Waals surface area contributed by atoms with Crippen LogP contribution in [0.5, 0.6) is 0 Å². The predicted molar refractivity (Wildman–Crippen MR) is 103 cm³/mol. The number of imide groups is 1. The first-order chi connectivity index (χ1) is 10.1. The van der Waals surface area contributed by atoms with Crippen LogP contribution in [0.1, 0.15) is 47.5 Å². The van der Waals surface area contributed by atoms with Crippen molar-refractivity contribution in [3.05, 3.63) is 0 Å². The van der Waals surface area contributed by atoms with Gasteiger partial charge in [0.25, 0.3) is 5.91 Å². The van der Waals surface area contributed by atoms with E-state index in [-0.39, 0.29) is 41.5 Å². The van der Waals surface area contributed by atoms with E-state index in [1.165, 1.54) is 4.90 Å². The molecule has 0 aromatic rings. The first kappa shape index (κ1) is 21.9. The number of urea groups is 1. The lowest BCUT2D eigenvalue weighted by Gasteiger charge is -2.24. The lowest BCUT2D eigenvalue weighted by atomic mass is 9.99. The summed E-state index contributed by atoms with van der Waals surface area (Å²) in [5.74, 6) is 0.570. The van der Waals surface area contributed by atoms with Gasteiger partial charge >= 0.3 is 6.03 Å². The molecule has 1 aliphatic heterocycles. The van der Waals surface area contributed by atoms with Crippen LogP contribution >= 0.6 is 24.0 Å². The van der Waals surface area contributed by atoms with Crippen LogP contribution in [0.25, 0.3) is 0 Å². The third-order valence-corrected chi connectivity index (χ3v) is 3.62. The summed E-state index contributed by atoms with van der Waals surface area (Å²) in [6.07, 6.45) is 1.26. The van der Waals surface area contributed by atoms with Crippen LogP contribution in [0.2, 0.25) is 0 Å². The van der Waals surface area contributed by atoms with Crippen molar-refractivity contribution in [2.45, 2.75) is 58.5 Å². The monoisotopic (exact) mass is 439 g/mol. The molecular weight excluding hydrogens is 409 g/mol. The van der Waals surface area contributed by atoms with Gasteiger partial charge in [0, 0.05) is 25.7 Å². The number of halogens is 1. The average molecular weight is 439 g/mol. The lowest BCUT2D eigenvalue weighted by Crippen LogP contribution is -2.48. The zero-order valence-electron chi connectivity index (χ0n) is 14.9. The van der Waals surface area contributed by atoms with Crippen molar-refractivity contribution in [1.29, 1.82) is 0 Å². The van der Waals surface area contributed by atoms with Gasteiger partial charge < -0.3 is 16.0 Å². The number of nitrogens with one attached hydrogen (secondary N) is 3. The standard InChI is InChI=1S/C15H29N5O2.HI/c1-7-15(5)11(21)20(13(22)19-15)10-8-9-17-12(16-6)18-14(2,3)4;/h7-10H2,1-6H3,(H,19,22)(H2,16,17,18);1H. The first-order valence-corrected chi connectivity index (χ1v) is 7.76. The number of nitrogens with zero attached hydrogens (tertiary/aromatic N) is 2. The number of carbonyl (C=O) groups excluding carboxylic acids is 2. The van der Waals surface area contributed by atoms with Gasteiger partial charge in [0.15, 0.2) is 5.96 Å². The van der Waals surface area contributed by atoms with Gasteiger partial charge in [-0.25, -0.2) is 4.79 Å². The zero-order chi connectivity index (χ0) is 17.0. The number of hydrogen-bond donors (Lipinski definition) is 3. The Labute approximate surface area is 156 Å². The molecule has 1 saturated heterocycles. The van der Waals surface area contributed by atoms with Crippen molar-refractivity contribution in [2.24, 2.45) is 4.99 Å².